The fourth-order valence-corrected chi connectivity index (χ4v) is 4.11. The summed E-state index contributed by atoms with van der Waals surface area (Å²) >= 11 is 1.82. The Bertz CT molecular complexity index is 434. The Morgan fingerprint density at radius 1 is 1.40 bits per heavy atom. The molecule has 1 saturated carbocycles. The topological polar surface area (TPSA) is 34.1 Å². The molecule has 2 rings (SSSR count). The standard InChI is InChI=1S/C16H28N2OS/c1-6-16(12-7-8-12,17-9-10-19-5)14-18-13(11-20-14)15(2,3)4/h11-12,17H,6-10H2,1-5H3. The maximum Gasteiger partial charge on any atom is 0.113 e. The molecule has 114 valence electrons. The molecule has 1 unspecified atom stereocenters. The van der Waals surface area contributed by atoms with Gasteiger partial charge in [-0.05, 0) is 25.2 Å². The van der Waals surface area contributed by atoms with Gasteiger partial charge in [0.05, 0.1) is 17.8 Å². The highest BCUT2D eigenvalue weighted by Crippen LogP contribution is 2.48. The van der Waals surface area contributed by atoms with Crippen molar-refractivity contribution in [3.05, 3.63) is 16.1 Å². The zero-order chi connectivity index (χ0) is 14.8. The molecule has 1 fully saturated rings. The average Bonchev–Trinajstić information content (AvgIpc) is 3.10. The van der Waals surface area contributed by atoms with Gasteiger partial charge in [0.25, 0.3) is 0 Å². The van der Waals surface area contributed by atoms with Crippen molar-refractivity contribution in [1.82, 2.24) is 10.3 Å². The minimum absolute atomic E-state index is 0.0622. The SMILES string of the molecule is CCC(NCCOC)(c1nc(C(C)(C)C)cs1)C1CC1. The average molecular weight is 296 g/mol. The van der Waals surface area contributed by atoms with Crippen molar-refractivity contribution in [3.8, 4) is 0 Å². The monoisotopic (exact) mass is 296 g/mol. The Morgan fingerprint density at radius 3 is 2.55 bits per heavy atom. The third kappa shape index (κ3) is 3.23. The molecule has 0 spiro atoms. The second kappa shape index (κ2) is 6.12. The molecule has 1 heterocycles. The summed E-state index contributed by atoms with van der Waals surface area (Å²) in [5, 5.41) is 7.25. The predicted octanol–water partition coefficient (Wildman–Crippen LogP) is 3.69. The maximum atomic E-state index is 5.20. The van der Waals surface area contributed by atoms with Crippen LogP contribution in [0.5, 0.6) is 0 Å². The van der Waals surface area contributed by atoms with Gasteiger partial charge in [-0.3, -0.25) is 0 Å². The van der Waals surface area contributed by atoms with Gasteiger partial charge in [0, 0.05) is 24.4 Å². The lowest BCUT2D eigenvalue weighted by Gasteiger charge is -2.32. The normalized spacial score (nSPS) is 19.1. The molecule has 4 heteroatoms. The predicted molar refractivity (Wildman–Crippen MR) is 85.4 cm³/mol. The molecular formula is C16H28N2OS. The fraction of sp³-hybridized carbons (Fsp3) is 0.812. The van der Waals surface area contributed by atoms with Crippen LogP contribution in [0.25, 0.3) is 0 Å². The van der Waals surface area contributed by atoms with Gasteiger partial charge < -0.3 is 10.1 Å². The largest absolute Gasteiger partial charge is 0.383 e. The molecule has 1 aliphatic carbocycles. The van der Waals surface area contributed by atoms with Crippen molar-refractivity contribution in [2.24, 2.45) is 5.92 Å². The van der Waals surface area contributed by atoms with E-state index in [-0.39, 0.29) is 11.0 Å². The van der Waals surface area contributed by atoms with E-state index in [4.69, 9.17) is 9.72 Å². The van der Waals surface area contributed by atoms with Crippen LogP contribution >= 0.6 is 11.3 Å². The lowest BCUT2D eigenvalue weighted by molar-refractivity contribution is 0.174. The number of thiazole rings is 1. The second-order valence-electron chi connectivity index (χ2n) is 6.81. The first-order valence-corrected chi connectivity index (χ1v) is 8.52. The van der Waals surface area contributed by atoms with Gasteiger partial charge in [0.15, 0.2) is 0 Å². The number of ether oxygens (including phenoxy) is 1. The number of hydrogen-bond acceptors (Lipinski definition) is 4. The second-order valence-corrected chi connectivity index (χ2v) is 7.66. The van der Waals surface area contributed by atoms with E-state index >= 15 is 0 Å². The third-order valence-corrected chi connectivity index (χ3v) is 5.25. The summed E-state index contributed by atoms with van der Waals surface area (Å²) in [6.07, 6.45) is 3.73. The molecule has 0 radical (unpaired) electrons. The molecular weight excluding hydrogens is 268 g/mol. The highest BCUT2D eigenvalue weighted by Gasteiger charge is 2.47. The highest BCUT2D eigenvalue weighted by atomic mass is 32.1. The van der Waals surface area contributed by atoms with Crippen molar-refractivity contribution in [1.29, 1.82) is 0 Å². The van der Waals surface area contributed by atoms with Gasteiger partial charge >= 0.3 is 0 Å². The quantitative estimate of drug-likeness (QED) is 0.779. The summed E-state index contributed by atoms with van der Waals surface area (Å²) in [4.78, 5) is 4.98. The Morgan fingerprint density at radius 2 is 2.10 bits per heavy atom. The van der Waals surface area contributed by atoms with Crippen molar-refractivity contribution in [2.45, 2.75) is 57.9 Å². The third-order valence-electron chi connectivity index (χ3n) is 4.23. The molecule has 1 aromatic rings. The van der Waals surface area contributed by atoms with E-state index in [0.29, 0.717) is 0 Å². The van der Waals surface area contributed by atoms with Crippen molar-refractivity contribution >= 4 is 11.3 Å². The van der Waals surface area contributed by atoms with Gasteiger partial charge in [-0.15, -0.1) is 11.3 Å². The Hall–Kier alpha value is -0.450. The van der Waals surface area contributed by atoms with E-state index in [9.17, 15) is 0 Å². The first-order chi connectivity index (χ1) is 9.44. The van der Waals surface area contributed by atoms with Gasteiger partial charge in [0.1, 0.15) is 5.01 Å². The fourth-order valence-electron chi connectivity index (χ4n) is 2.73. The van der Waals surface area contributed by atoms with E-state index in [2.05, 4.69) is 38.4 Å². The Balaban J connectivity index is 2.24. The van der Waals surface area contributed by atoms with Crippen molar-refractivity contribution in [2.75, 3.05) is 20.3 Å². The molecule has 1 N–H and O–H groups in total. The summed E-state index contributed by atoms with van der Waals surface area (Å²) in [7, 11) is 1.76. The van der Waals surface area contributed by atoms with Crippen LogP contribution in [0.2, 0.25) is 0 Å². The number of hydrogen-bond donors (Lipinski definition) is 1. The first kappa shape index (κ1) is 15.9. The van der Waals surface area contributed by atoms with Gasteiger partial charge in [-0.1, -0.05) is 27.7 Å². The minimum Gasteiger partial charge on any atom is -0.383 e. The molecule has 1 aliphatic rings. The van der Waals surface area contributed by atoms with Crippen LogP contribution in [-0.4, -0.2) is 25.2 Å². The Labute approximate surface area is 127 Å². The number of methoxy groups -OCH3 is 1. The van der Waals surface area contributed by atoms with Gasteiger partial charge in [0.2, 0.25) is 0 Å². The molecule has 20 heavy (non-hydrogen) atoms. The van der Waals surface area contributed by atoms with Crippen LogP contribution in [0.3, 0.4) is 0 Å². The summed E-state index contributed by atoms with van der Waals surface area (Å²) < 4.78 is 5.20. The number of nitrogens with zero attached hydrogens (tertiary/aromatic N) is 1. The van der Waals surface area contributed by atoms with E-state index < -0.39 is 0 Å². The van der Waals surface area contributed by atoms with E-state index in [1.165, 1.54) is 23.5 Å². The number of nitrogens with one attached hydrogen (secondary N) is 1. The maximum absolute atomic E-state index is 5.20. The van der Waals surface area contributed by atoms with E-state index in [1.807, 2.05) is 11.3 Å². The molecule has 0 amide bonds. The molecule has 3 nitrogen and oxygen atoms in total. The molecule has 0 aromatic carbocycles. The molecule has 0 bridgehead atoms. The molecule has 0 aliphatic heterocycles. The number of aromatic nitrogens is 1. The lowest BCUT2D eigenvalue weighted by atomic mass is 9.89. The minimum atomic E-state index is 0.0622. The van der Waals surface area contributed by atoms with Crippen LogP contribution in [0.4, 0.5) is 0 Å². The van der Waals surface area contributed by atoms with E-state index in [1.54, 1.807) is 7.11 Å². The van der Waals surface area contributed by atoms with Crippen molar-refractivity contribution < 1.29 is 4.74 Å². The lowest BCUT2D eigenvalue weighted by Crippen LogP contribution is -2.45. The van der Waals surface area contributed by atoms with Gasteiger partial charge in [-0.25, -0.2) is 4.98 Å². The summed E-state index contributed by atoms with van der Waals surface area (Å²) in [5.74, 6) is 0.739. The zero-order valence-electron chi connectivity index (χ0n) is 13.5. The number of rotatable bonds is 7. The first-order valence-electron chi connectivity index (χ1n) is 7.64. The van der Waals surface area contributed by atoms with E-state index in [0.717, 1.165) is 25.5 Å². The molecule has 1 atom stereocenters. The van der Waals surface area contributed by atoms with Crippen LogP contribution < -0.4 is 5.32 Å². The zero-order valence-corrected chi connectivity index (χ0v) is 14.3. The highest BCUT2D eigenvalue weighted by molar-refractivity contribution is 7.09. The van der Waals surface area contributed by atoms with Crippen LogP contribution in [0.15, 0.2) is 5.38 Å². The smallest absolute Gasteiger partial charge is 0.113 e. The van der Waals surface area contributed by atoms with Gasteiger partial charge in [-0.2, -0.15) is 0 Å². The van der Waals surface area contributed by atoms with Crippen molar-refractivity contribution in [3.63, 3.8) is 0 Å². The molecule has 1 aromatic heterocycles. The van der Waals surface area contributed by atoms with Crippen LogP contribution in [0.1, 0.15) is 57.7 Å². The summed E-state index contributed by atoms with van der Waals surface area (Å²) in [6.45, 7) is 10.6. The summed E-state index contributed by atoms with van der Waals surface area (Å²) in [6, 6.07) is 0. The van der Waals surface area contributed by atoms with Crippen LogP contribution in [0, 0.1) is 5.92 Å². The van der Waals surface area contributed by atoms with Crippen LogP contribution in [-0.2, 0) is 15.7 Å². The summed E-state index contributed by atoms with van der Waals surface area (Å²) in [5.41, 5.74) is 1.40. The Kier molecular flexibility index (Phi) is 4.88. The molecule has 0 saturated heterocycles.